The molecular weight excluding hydrogens is 309 g/mol. The Kier molecular flexibility index (Phi) is 6.81. The summed E-state index contributed by atoms with van der Waals surface area (Å²) in [6.07, 6.45) is 3.23. The van der Waals surface area contributed by atoms with Gasteiger partial charge in [0.2, 0.25) is 0 Å². The molecule has 2 heterocycles. The fourth-order valence-corrected chi connectivity index (χ4v) is 2.17. The number of carbonyl (C=O) groups excluding carboxylic acids is 1. The average Bonchev–Trinajstić information content (AvgIpc) is 2.79. The number of nitrogens with zero attached hydrogens (tertiary/aromatic N) is 1. The summed E-state index contributed by atoms with van der Waals surface area (Å²) >= 11 is 0. The van der Waals surface area contributed by atoms with Gasteiger partial charge in [0.15, 0.2) is 5.79 Å². The Hall–Kier alpha value is 0.0639. The van der Waals surface area contributed by atoms with Crippen LogP contribution in [0.15, 0.2) is 12.7 Å². The average molecular weight is 328 g/mol. The minimum absolute atomic E-state index is 0. The van der Waals surface area contributed by atoms with Crippen LogP contribution in [0.3, 0.4) is 0 Å². The van der Waals surface area contributed by atoms with Gasteiger partial charge in [-0.15, -0.1) is 6.58 Å². The van der Waals surface area contributed by atoms with E-state index in [-0.39, 0.29) is 38.6 Å². The quantitative estimate of drug-likeness (QED) is 0.458. The van der Waals surface area contributed by atoms with E-state index in [1.165, 1.54) is 6.54 Å². The SMILES string of the molecule is C=CCN[CH-]C(=O)N1CCC2(CC1)OCCO2.[Y]. The summed E-state index contributed by atoms with van der Waals surface area (Å²) in [5.41, 5.74) is 0. The molecule has 99 valence electrons. The van der Waals surface area contributed by atoms with Gasteiger partial charge < -0.3 is 24.5 Å². The van der Waals surface area contributed by atoms with Crippen molar-refractivity contribution in [2.75, 3.05) is 32.8 Å². The predicted molar refractivity (Wildman–Crippen MR) is 62.9 cm³/mol. The molecule has 1 spiro atoms. The van der Waals surface area contributed by atoms with Crippen molar-refractivity contribution in [1.29, 1.82) is 0 Å². The van der Waals surface area contributed by atoms with Crippen molar-refractivity contribution < 1.29 is 47.0 Å². The van der Waals surface area contributed by atoms with Crippen molar-refractivity contribution in [3.63, 3.8) is 0 Å². The van der Waals surface area contributed by atoms with Crippen molar-refractivity contribution in [1.82, 2.24) is 10.2 Å². The monoisotopic (exact) mass is 328 g/mol. The molecule has 2 aliphatic rings. The Morgan fingerprint density at radius 1 is 1.39 bits per heavy atom. The van der Waals surface area contributed by atoms with Crippen LogP contribution in [0.5, 0.6) is 0 Å². The Labute approximate surface area is 133 Å². The van der Waals surface area contributed by atoms with Crippen LogP contribution in [0, 0.1) is 6.54 Å². The second-order valence-corrected chi connectivity index (χ2v) is 4.27. The molecular formula is C12H19N2O3Y-. The summed E-state index contributed by atoms with van der Waals surface area (Å²) in [7, 11) is 0. The van der Waals surface area contributed by atoms with E-state index in [9.17, 15) is 4.79 Å². The molecule has 0 saturated carbocycles. The van der Waals surface area contributed by atoms with Crippen LogP contribution in [0.2, 0.25) is 0 Å². The van der Waals surface area contributed by atoms with Gasteiger partial charge in [0.1, 0.15) is 0 Å². The second kappa shape index (κ2) is 7.60. The summed E-state index contributed by atoms with van der Waals surface area (Å²) < 4.78 is 11.2. The zero-order valence-electron chi connectivity index (χ0n) is 10.6. The van der Waals surface area contributed by atoms with Crippen LogP contribution in [0.1, 0.15) is 12.8 Å². The minimum Gasteiger partial charge on any atom is -0.443 e. The van der Waals surface area contributed by atoms with Crippen molar-refractivity contribution in [3.05, 3.63) is 19.2 Å². The first-order valence-corrected chi connectivity index (χ1v) is 6.00. The molecule has 2 saturated heterocycles. The third-order valence-corrected chi connectivity index (χ3v) is 3.14. The van der Waals surface area contributed by atoms with E-state index in [0.717, 1.165) is 12.8 Å². The van der Waals surface area contributed by atoms with Crippen molar-refractivity contribution in [3.8, 4) is 0 Å². The second-order valence-electron chi connectivity index (χ2n) is 4.27. The molecule has 1 amide bonds. The zero-order chi connectivity index (χ0) is 12.1. The number of ether oxygens (including phenoxy) is 2. The molecule has 0 aromatic carbocycles. The first-order valence-electron chi connectivity index (χ1n) is 6.00. The van der Waals surface area contributed by atoms with E-state index in [0.29, 0.717) is 32.8 Å². The van der Waals surface area contributed by atoms with Gasteiger partial charge in [-0.05, 0) is 6.54 Å². The summed E-state index contributed by atoms with van der Waals surface area (Å²) in [5.74, 6) is -0.398. The van der Waals surface area contributed by atoms with Crippen LogP contribution in [-0.2, 0) is 47.0 Å². The Balaban J connectivity index is 0.00000162. The largest absolute Gasteiger partial charge is 0.443 e. The van der Waals surface area contributed by atoms with Gasteiger partial charge in [-0.2, -0.15) is 0 Å². The van der Waals surface area contributed by atoms with Crippen LogP contribution in [0.25, 0.3) is 0 Å². The number of hydrogen-bond acceptors (Lipinski definition) is 4. The zero-order valence-corrected chi connectivity index (χ0v) is 13.4. The Bertz CT molecular complexity index is 283. The topological polar surface area (TPSA) is 50.8 Å². The van der Waals surface area contributed by atoms with Gasteiger partial charge in [-0.1, -0.05) is 6.08 Å². The standard InChI is InChI=1S/C12H19N2O3.Y/c1-2-5-13-10-11(15)14-6-3-12(4-7-14)16-8-9-17-12;/h2,10,13H,1,3-9H2;/q-1;. The summed E-state index contributed by atoms with van der Waals surface area (Å²) in [5, 5.41) is 2.90. The van der Waals surface area contributed by atoms with Crippen molar-refractivity contribution in [2.45, 2.75) is 18.6 Å². The first-order chi connectivity index (χ1) is 8.26. The van der Waals surface area contributed by atoms with Crippen LogP contribution in [-0.4, -0.2) is 49.4 Å². The number of hydrogen-bond donors (Lipinski definition) is 1. The molecule has 2 fully saturated rings. The van der Waals surface area contributed by atoms with Gasteiger partial charge in [0.05, 0.1) is 19.1 Å². The molecule has 2 rings (SSSR count). The first kappa shape index (κ1) is 16.1. The number of rotatable bonds is 4. The van der Waals surface area contributed by atoms with E-state index >= 15 is 0 Å². The summed E-state index contributed by atoms with van der Waals surface area (Å²) in [6, 6.07) is 0. The van der Waals surface area contributed by atoms with Crippen LogP contribution >= 0.6 is 0 Å². The molecule has 18 heavy (non-hydrogen) atoms. The van der Waals surface area contributed by atoms with E-state index in [2.05, 4.69) is 11.9 Å². The number of likely N-dealkylation sites (tertiary alicyclic amines) is 1. The molecule has 0 unspecified atom stereocenters. The van der Waals surface area contributed by atoms with E-state index in [4.69, 9.17) is 9.47 Å². The predicted octanol–water partition coefficient (Wildman–Crippen LogP) is 0.287. The van der Waals surface area contributed by atoms with E-state index in [1.807, 2.05) is 4.90 Å². The third kappa shape index (κ3) is 4.03. The van der Waals surface area contributed by atoms with E-state index in [1.54, 1.807) is 6.08 Å². The third-order valence-electron chi connectivity index (χ3n) is 3.14. The maximum absolute atomic E-state index is 11.8. The van der Waals surface area contributed by atoms with Gasteiger partial charge in [-0.3, -0.25) is 0 Å². The van der Waals surface area contributed by atoms with Gasteiger partial charge >= 0.3 is 0 Å². The molecule has 0 aliphatic carbocycles. The minimum atomic E-state index is -0.411. The molecule has 0 bridgehead atoms. The fraction of sp³-hybridized carbons (Fsp3) is 0.667. The number of carbonyl (C=O) groups is 1. The summed E-state index contributed by atoms with van der Waals surface area (Å²) in [4.78, 5) is 13.6. The molecule has 5 nitrogen and oxygen atoms in total. The van der Waals surface area contributed by atoms with Crippen LogP contribution < -0.4 is 5.32 Å². The molecule has 0 atom stereocenters. The number of piperidine rings is 1. The van der Waals surface area contributed by atoms with Gasteiger partial charge in [-0.25, -0.2) is 6.54 Å². The molecule has 1 N–H and O–H groups in total. The van der Waals surface area contributed by atoms with Crippen molar-refractivity contribution in [2.24, 2.45) is 0 Å². The van der Waals surface area contributed by atoms with Crippen LogP contribution in [0.4, 0.5) is 0 Å². The van der Waals surface area contributed by atoms with Gasteiger partial charge in [0.25, 0.3) is 0 Å². The molecule has 0 aromatic heterocycles. The maximum Gasteiger partial charge on any atom is 0.171 e. The molecule has 6 heteroatoms. The Morgan fingerprint density at radius 3 is 2.56 bits per heavy atom. The normalized spacial score (nSPS) is 21.4. The van der Waals surface area contributed by atoms with Crippen molar-refractivity contribution >= 4 is 5.91 Å². The number of nitrogens with one attached hydrogen (secondary N) is 1. The maximum atomic E-state index is 11.8. The summed E-state index contributed by atoms with van der Waals surface area (Å²) in [6.45, 7) is 8.39. The molecule has 1 radical (unpaired) electrons. The van der Waals surface area contributed by atoms with Gasteiger partial charge in [0, 0.05) is 58.6 Å². The van der Waals surface area contributed by atoms with E-state index < -0.39 is 5.79 Å². The number of amides is 1. The molecule has 2 aliphatic heterocycles. The smallest absolute Gasteiger partial charge is 0.171 e. The molecule has 0 aromatic rings. The fourth-order valence-electron chi connectivity index (χ4n) is 2.17. The Morgan fingerprint density at radius 2 is 2.00 bits per heavy atom.